The number of aliphatic hydroxyl groups is 7. The van der Waals surface area contributed by atoms with Gasteiger partial charge in [-0.25, -0.2) is 69.8 Å². The standard InChI is InChI=1S/C9H13N2O4.C8H17N2O11P3.C7H15N2O11P3.C7H14N2O9P2.C7H8N2O4.C6H12N2Si.C3H5ClO2.4ClH.Na.HO3P.2H2O/c1-14-8(12)5-10-3-4-11(7-10)6-9(13)15-2;1-7(11,22(13,14)15)4-9-2-3-10(6-9)5-8(12,23(16,17)18)24(19,20)21;10-6(21(12,13)14)3-8-1-2-9(5-8)4-7(11,22(15,16)17)23(18,19)20;10-6(11)3-8-1-2-9(5-8)4-7(12,19(13,14)15)20(16,17)18;10-6(11)3-8-1-2-9(5-8)4-7(12)13;1-9(2,3)8-5-4-7-6-8;1-6-3(5)2-4;;;;;;1-4(2)3;;/h3-4,7H,5-6H2,1-2H3;2-3,6,11-12H,4-5H2,1H3,(H5-,13,14,15,16,17,18,19,20,21);1-2,5-6,10-11H,3-4H2,(H5-,12,13,14,15,16,17,18,19,20);1-2,5-6,10-12H,3-4H2,(H3-,13,14,15,16,17,18);1-2,5H,3-4H2,(H-,10,11,12,13);4-6H,1-3H3;2H2,1H3;4*1H;;(H,1,2,3);2*1H2/q+1;;;;;;;;;;;+1;;;/p-6. The van der Waals surface area contributed by atoms with Crippen molar-refractivity contribution in [2.24, 2.45) is 0 Å². The fourth-order valence-electron chi connectivity index (χ4n) is 7.30. The Balaban J connectivity index is -0.000000175. The molecule has 0 aliphatic heterocycles. The minimum Gasteiger partial charge on any atom is -1.00 e. The second-order valence-electron chi connectivity index (χ2n) is 23.7. The van der Waals surface area contributed by atoms with E-state index in [-0.39, 0.29) is 141 Å². The van der Waals surface area contributed by atoms with Gasteiger partial charge in [0.1, 0.15) is 107 Å². The summed E-state index contributed by atoms with van der Waals surface area (Å²) in [5, 5.41) is 68.4. The van der Waals surface area contributed by atoms with Crippen LogP contribution in [-0.2, 0) is 145 Å². The fraction of sp³-hybridized carbons (Fsp3) is 0.511. The first kappa shape index (κ1) is 135. The summed E-state index contributed by atoms with van der Waals surface area (Å²) in [5.41, 5.74) is 0. The predicted octanol–water partition coefficient (Wildman–Crippen LogP) is -28.1. The van der Waals surface area contributed by atoms with E-state index in [1.165, 1.54) is 59.9 Å². The monoisotopic (exact) mass is 2060 g/mol. The number of carbonyl (C=O) groups excluding carboxylic acids is 3. The Morgan fingerprint density at radius 1 is 0.512 bits per heavy atom. The first-order chi connectivity index (χ1) is 51.2. The third kappa shape index (κ3) is 49.3. The van der Waals surface area contributed by atoms with Gasteiger partial charge in [0.25, 0.3) is 8.25 Å². The second kappa shape index (κ2) is 57.1. The maximum Gasteiger partial charge on any atom is 1.00 e. The summed E-state index contributed by atoms with van der Waals surface area (Å²) < 4.78 is 124. The Labute approximate surface area is 736 Å². The van der Waals surface area contributed by atoms with Crippen LogP contribution in [0.5, 0.6) is 0 Å². The molecule has 6 heterocycles. The van der Waals surface area contributed by atoms with E-state index in [0.29, 0.717) is 4.57 Å². The summed E-state index contributed by atoms with van der Waals surface area (Å²) in [6.07, 6.45) is 22.9. The van der Waals surface area contributed by atoms with Crippen LogP contribution in [0.15, 0.2) is 112 Å². The van der Waals surface area contributed by atoms with Crippen molar-refractivity contribution < 1.29 is 326 Å². The molecule has 0 bridgehead atoms. The van der Waals surface area contributed by atoms with Crippen LogP contribution in [0.2, 0.25) is 19.6 Å². The zero-order valence-electron chi connectivity index (χ0n) is 63.3. The van der Waals surface area contributed by atoms with E-state index in [1.807, 2.05) is 18.7 Å². The second-order valence-corrected chi connectivity index (χ2v) is 44.9. The van der Waals surface area contributed by atoms with E-state index in [1.54, 1.807) is 27.9 Å². The van der Waals surface area contributed by atoms with Gasteiger partial charge in [0.15, 0.2) is 66.8 Å². The number of carboxylic acids is 2. The number of halogens is 5. The summed E-state index contributed by atoms with van der Waals surface area (Å²) in [5.74, 6) is -5.24. The minimum absolute atomic E-state index is 0. The number of aliphatic hydroxyl groups excluding tert-OH is 2. The predicted molar refractivity (Wildman–Crippen MR) is 366 cm³/mol. The normalized spacial score (nSPS) is 13.6. The van der Waals surface area contributed by atoms with Gasteiger partial charge in [-0.2, -0.15) is 0 Å². The van der Waals surface area contributed by atoms with Gasteiger partial charge >= 0.3 is 108 Å². The number of aromatic nitrogens is 12. The molecule has 24 N–H and O–H groups in total. The van der Waals surface area contributed by atoms with Crippen molar-refractivity contribution in [1.82, 2.24) is 32.1 Å². The molecule has 0 saturated heterocycles. The summed E-state index contributed by atoms with van der Waals surface area (Å²) in [4.78, 5) is 224. The molecule has 700 valence electrons. The van der Waals surface area contributed by atoms with Gasteiger partial charge in [-0.05, 0) is 14.5 Å². The van der Waals surface area contributed by atoms with Gasteiger partial charge in [0, 0.05) is 12.4 Å². The first-order valence-corrected chi connectivity index (χ1v) is 47.7. The number of carbonyl (C=O) groups is 5. The van der Waals surface area contributed by atoms with Crippen LogP contribution in [0.3, 0.4) is 0 Å². The Morgan fingerprint density at radius 3 is 1.15 bits per heavy atom. The average Bonchev–Trinajstić information content (AvgIpc) is 1.71. The number of nitrogens with zero attached hydrogens (tertiary/aromatic N) is 12. The number of methoxy groups -OCH3 is 3. The van der Waals surface area contributed by atoms with Gasteiger partial charge < -0.3 is 227 Å². The average molecular weight is 2060 g/mol. The van der Waals surface area contributed by atoms with E-state index in [9.17, 15) is 100 Å². The van der Waals surface area contributed by atoms with Crippen LogP contribution in [0.25, 0.3) is 0 Å². The SMILES string of the molecule is CC(O)(C[n+]1ccn(CC(O)(P(=O)(O)O)P(=O)(O)O)c1)P(=O)(O)O.COC(=O)CCl.COC(=O)Cn1cc[n+](CC(=O)OC)c1.C[Si](C)(C)n1ccnc1.O.O=C(O)Cn1cc[n+](CC(=O)O)c1.O=P(O)(O)C(O)(C[n+]1ccn(CC(O)O)c1)P(=O)(O)O.O=P([O-])(O)C(O)Cn1cc[n+](CC(O)(P(=O)([O-])[O-])P(=O)([O-])O)c1.O=[P+]([O-])[O-].[Cl-].[Cl-].[Cl-].[Cl-].[Na+].[OH-]. The molecule has 58 nitrogen and oxygen atoms in total. The van der Waals surface area contributed by atoms with Crippen LogP contribution in [-0.4, -0.2) is 246 Å². The summed E-state index contributed by atoms with van der Waals surface area (Å²) in [6, 6.07) is 0. The van der Waals surface area contributed by atoms with Gasteiger partial charge in [-0.15, -0.1) is 11.6 Å². The molecule has 6 aromatic rings. The van der Waals surface area contributed by atoms with Crippen LogP contribution in [0, 0.1) is 0 Å². The van der Waals surface area contributed by atoms with Crippen LogP contribution >= 0.6 is 80.6 Å². The zero-order valence-corrected chi connectivity index (χ0v) is 78.2. The number of aliphatic carboxylic acids is 2. The van der Waals surface area contributed by atoms with Gasteiger partial charge in [-0.3, -0.25) is 27.6 Å². The Morgan fingerprint density at radius 2 is 0.851 bits per heavy atom. The Bertz CT molecular complexity index is 4370. The molecule has 6 rings (SSSR count). The molecular formula is C47H87Cl5N12NaO46P9Si-4. The van der Waals surface area contributed by atoms with E-state index in [0.717, 1.165) is 75.2 Å². The molecule has 0 aromatic carbocycles. The topological polar surface area (TPSA) is 953 Å². The van der Waals surface area contributed by atoms with Crippen molar-refractivity contribution >= 4 is 119 Å². The number of carboxylic acid groups (broad SMARTS) is 2. The largest absolute Gasteiger partial charge is 1.00 e. The first-order valence-electron chi connectivity index (χ1n) is 29.8. The molecule has 0 spiro atoms. The van der Waals surface area contributed by atoms with Crippen LogP contribution in [0.1, 0.15) is 6.92 Å². The number of rotatable bonds is 30. The summed E-state index contributed by atoms with van der Waals surface area (Å²) in [7, 11) is -45.1. The van der Waals surface area contributed by atoms with Crippen molar-refractivity contribution in [3.8, 4) is 0 Å². The summed E-state index contributed by atoms with van der Waals surface area (Å²) >= 11 is 4.98. The number of ether oxygens (including phenoxy) is 3. The summed E-state index contributed by atoms with van der Waals surface area (Å²) in [6.45, 7) is 2.38. The quantitative estimate of drug-likeness (QED) is 0.00379. The third-order valence-electron chi connectivity index (χ3n) is 13.2. The molecule has 5 atom stereocenters. The number of hydrogen-bond donors (Lipinski definition) is 21. The van der Waals surface area contributed by atoms with Crippen molar-refractivity contribution in [3.63, 3.8) is 0 Å². The molecule has 0 fully saturated rings. The van der Waals surface area contributed by atoms with Gasteiger partial charge in [0.05, 0.1) is 27.7 Å². The molecular weight excluding hydrogens is 1980 g/mol. The molecule has 0 aliphatic rings. The van der Waals surface area contributed by atoms with Crippen molar-refractivity contribution in [1.29, 1.82) is 0 Å². The maximum atomic E-state index is 11.3. The molecule has 0 radical (unpaired) electrons. The number of hydrogen-bond acceptors (Lipinski definition) is 32. The molecule has 0 amide bonds. The van der Waals surface area contributed by atoms with Crippen LogP contribution in [0.4, 0.5) is 0 Å². The van der Waals surface area contributed by atoms with E-state index < -0.39 is 161 Å². The minimum atomic E-state index is -6.20. The van der Waals surface area contributed by atoms with E-state index >= 15 is 0 Å². The number of esters is 3. The number of imidazole rings is 6. The molecule has 6 aromatic heterocycles. The molecule has 5 unspecified atom stereocenters. The molecule has 121 heavy (non-hydrogen) atoms. The van der Waals surface area contributed by atoms with Gasteiger partial charge in [-0.1, -0.05) is 24.2 Å². The smallest absolute Gasteiger partial charge is 1.00 e. The maximum absolute atomic E-state index is 11.3. The third-order valence-corrected chi connectivity index (χ3v) is 28.6. The van der Waals surface area contributed by atoms with Crippen molar-refractivity contribution in [2.45, 2.75) is 125 Å². The molecule has 0 saturated carbocycles. The van der Waals surface area contributed by atoms with E-state index in [2.05, 4.69) is 43.1 Å². The number of alkyl halides is 1. The van der Waals surface area contributed by atoms with E-state index in [4.69, 9.17) is 110 Å². The van der Waals surface area contributed by atoms with Crippen LogP contribution < -0.4 is 131 Å². The molecule has 74 heteroatoms. The van der Waals surface area contributed by atoms with Crippen molar-refractivity contribution in [3.05, 3.63) is 112 Å². The zero-order chi connectivity index (χ0) is 89.8. The van der Waals surface area contributed by atoms with Crippen molar-refractivity contribution in [2.75, 3.05) is 27.2 Å². The Kier molecular flexibility index (Phi) is 63.8. The van der Waals surface area contributed by atoms with Gasteiger partial charge in [0.2, 0.25) is 37.0 Å². The fourth-order valence-corrected chi connectivity index (χ4v) is 15.1. The molecule has 0 aliphatic carbocycles. The Hall–Kier alpha value is -3.86.